The van der Waals surface area contributed by atoms with Crippen LogP contribution in [0.25, 0.3) is 0 Å². The predicted octanol–water partition coefficient (Wildman–Crippen LogP) is 2.29. The molecular formula is C11H8BrN3O2. The van der Waals surface area contributed by atoms with Crippen molar-refractivity contribution in [1.82, 2.24) is 10.3 Å². The molecule has 2 aromatic heterocycles. The number of furan rings is 1. The van der Waals surface area contributed by atoms with Crippen molar-refractivity contribution in [3.63, 3.8) is 0 Å². The van der Waals surface area contributed by atoms with Gasteiger partial charge in [0.15, 0.2) is 6.17 Å². The van der Waals surface area contributed by atoms with E-state index in [2.05, 4.69) is 31.5 Å². The lowest BCUT2D eigenvalue weighted by Crippen LogP contribution is -2.38. The van der Waals surface area contributed by atoms with E-state index in [4.69, 9.17) is 4.42 Å². The number of carbonyl (C=O) groups is 1. The van der Waals surface area contributed by atoms with Gasteiger partial charge in [0.25, 0.3) is 5.91 Å². The average Bonchev–Trinajstić information content (AvgIpc) is 2.76. The summed E-state index contributed by atoms with van der Waals surface area (Å²) in [6.45, 7) is 0. The zero-order valence-electron chi connectivity index (χ0n) is 8.61. The first-order valence-electron chi connectivity index (χ1n) is 5.00. The van der Waals surface area contributed by atoms with Gasteiger partial charge in [-0.25, -0.2) is 4.98 Å². The Labute approximate surface area is 105 Å². The molecule has 0 saturated heterocycles. The van der Waals surface area contributed by atoms with Crippen LogP contribution in [0, 0.1) is 0 Å². The molecule has 0 radical (unpaired) electrons. The molecule has 1 aliphatic heterocycles. The summed E-state index contributed by atoms with van der Waals surface area (Å²) in [6.07, 6.45) is 2.81. The van der Waals surface area contributed by atoms with Gasteiger partial charge < -0.3 is 15.1 Å². The number of carbonyl (C=O) groups excluding carboxylic acids is 1. The Bertz CT molecular complexity index is 582. The van der Waals surface area contributed by atoms with Crippen molar-refractivity contribution in [2.45, 2.75) is 6.17 Å². The first-order valence-corrected chi connectivity index (χ1v) is 5.80. The number of rotatable bonds is 1. The Kier molecular flexibility index (Phi) is 2.36. The number of halogens is 1. The van der Waals surface area contributed by atoms with Crippen LogP contribution in [-0.2, 0) is 0 Å². The highest BCUT2D eigenvalue weighted by atomic mass is 79.9. The van der Waals surface area contributed by atoms with Gasteiger partial charge in [-0.15, -0.1) is 0 Å². The quantitative estimate of drug-likeness (QED) is 0.847. The summed E-state index contributed by atoms with van der Waals surface area (Å²) in [4.78, 5) is 16.0. The number of amides is 1. The van der Waals surface area contributed by atoms with Gasteiger partial charge in [0.1, 0.15) is 17.8 Å². The Hall–Kier alpha value is -1.82. The lowest BCUT2D eigenvalue weighted by Gasteiger charge is -2.25. The van der Waals surface area contributed by atoms with Crippen molar-refractivity contribution in [3.8, 4) is 0 Å². The van der Waals surface area contributed by atoms with Crippen LogP contribution in [0.15, 0.2) is 39.5 Å². The fraction of sp³-hybridized carbons (Fsp3) is 0.0909. The molecule has 0 bridgehead atoms. The highest BCUT2D eigenvalue weighted by Crippen LogP contribution is 2.26. The summed E-state index contributed by atoms with van der Waals surface area (Å²) < 4.78 is 6.14. The largest absolute Gasteiger partial charge is 0.464 e. The molecule has 1 amide bonds. The molecule has 3 heterocycles. The molecule has 2 aromatic rings. The maximum Gasteiger partial charge on any atom is 0.256 e. The van der Waals surface area contributed by atoms with Crippen molar-refractivity contribution in [1.29, 1.82) is 0 Å². The van der Waals surface area contributed by atoms with E-state index in [0.29, 0.717) is 17.1 Å². The van der Waals surface area contributed by atoms with E-state index in [1.54, 1.807) is 30.7 Å². The van der Waals surface area contributed by atoms with Gasteiger partial charge >= 0.3 is 0 Å². The Morgan fingerprint density at radius 3 is 3.06 bits per heavy atom. The lowest BCUT2D eigenvalue weighted by atomic mass is 10.2. The van der Waals surface area contributed by atoms with Gasteiger partial charge in [-0.05, 0) is 34.1 Å². The zero-order valence-corrected chi connectivity index (χ0v) is 10.2. The highest BCUT2D eigenvalue weighted by Gasteiger charge is 2.26. The van der Waals surface area contributed by atoms with E-state index in [1.807, 2.05) is 0 Å². The van der Waals surface area contributed by atoms with E-state index >= 15 is 0 Å². The zero-order chi connectivity index (χ0) is 11.8. The maximum atomic E-state index is 11.8. The topological polar surface area (TPSA) is 67.2 Å². The second-order valence-corrected chi connectivity index (χ2v) is 4.53. The molecule has 5 nitrogen and oxygen atoms in total. The van der Waals surface area contributed by atoms with E-state index in [-0.39, 0.29) is 5.91 Å². The standard InChI is InChI=1S/C11H8BrN3O2/c12-6-4-8(17-5-6)10-14-9-7(11(16)15-10)2-1-3-13-9/h1-5,10H,(H,13,14)(H,15,16). The number of hydrogen-bond donors (Lipinski definition) is 2. The van der Waals surface area contributed by atoms with Gasteiger partial charge in [-0.2, -0.15) is 0 Å². The fourth-order valence-corrected chi connectivity index (χ4v) is 2.03. The van der Waals surface area contributed by atoms with Gasteiger partial charge in [0, 0.05) is 6.20 Å². The molecule has 3 rings (SSSR count). The summed E-state index contributed by atoms with van der Waals surface area (Å²) in [5.74, 6) is 1.03. The third kappa shape index (κ3) is 1.80. The molecule has 0 saturated carbocycles. The molecule has 17 heavy (non-hydrogen) atoms. The number of nitrogens with one attached hydrogen (secondary N) is 2. The number of nitrogens with zero attached hydrogens (tertiary/aromatic N) is 1. The van der Waals surface area contributed by atoms with Crippen molar-refractivity contribution in [2.75, 3.05) is 5.32 Å². The summed E-state index contributed by atoms with van der Waals surface area (Å²) in [6, 6.07) is 5.24. The summed E-state index contributed by atoms with van der Waals surface area (Å²) in [7, 11) is 0. The molecule has 2 N–H and O–H groups in total. The molecule has 0 aromatic carbocycles. The Morgan fingerprint density at radius 2 is 2.29 bits per heavy atom. The molecular weight excluding hydrogens is 286 g/mol. The first-order chi connectivity index (χ1) is 8.24. The van der Waals surface area contributed by atoms with Crippen LogP contribution < -0.4 is 10.6 Å². The Balaban J connectivity index is 1.96. The minimum absolute atomic E-state index is 0.163. The molecule has 1 aliphatic rings. The van der Waals surface area contributed by atoms with Crippen molar-refractivity contribution < 1.29 is 9.21 Å². The summed E-state index contributed by atoms with van der Waals surface area (Å²) in [5.41, 5.74) is 0.536. The maximum absolute atomic E-state index is 11.8. The van der Waals surface area contributed by atoms with Crippen molar-refractivity contribution in [2.24, 2.45) is 0 Å². The van der Waals surface area contributed by atoms with E-state index in [9.17, 15) is 4.79 Å². The van der Waals surface area contributed by atoms with E-state index in [1.165, 1.54) is 0 Å². The second-order valence-electron chi connectivity index (χ2n) is 3.62. The molecule has 0 aliphatic carbocycles. The molecule has 0 fully saturated rings. The molecule has 1 unspecified atom stereocenters. The Morgan fingerprint density at radius 1 is 1.41 bits per heavy atom. The number of pyridine rings is 1. The van der Waals surface area contributed by atoms with Crippen LogP contribution >= 0.6 is 15.9 Å². The smallest absolute Gasteiger partial charge is 0.256 e. The average molecular weight is 294 g/mol. The third-order valence-electron chi connectivity index (χ3n) is 2.48. The second kappa shape index (κ2) is 3.89. The fourth-order valence-electron chi connectivity index (χ4n) is 1.71. The van der Waals surface area contributed by atoms with Crippen LogP contribution in [0.2, 0.25) is 0 Å². The van der Waals surface area contributed by atoms with Gasteiger partial charge in [-0.1, -0.05) is 0 Å². The van der Waals surface area contributed by atoms with Gasteiger partial charge in [0.05, 0.1) is 10.0 Å². The number of fused-ring (bicyclic) bond motifs is 1. The molecule has 6 heteroatoms. The van der Waals surface area contributed by atoms with Crippen LogP contribution in [0.5, 0.6) is 0 Å². The van der Waals surface area contributed by atoms with Gasteiger partial charge in [0.2, 0.25) is 0 Å². The SMILES string of the molecule is O=C1NC(c2cc(Br)co2)Nc2ncccc21. The molecule has 1 atom stereocenters. The lowest BCUT2D eigenvalue weighted by molar-refractivity contribution is 0.0930. The number of aromatic nitrogens is 1. The first kappa shape index (κ1) is 10.3. The predicted molar refractivity (Wildman–Crippen MR) is 64.5 cm³/mol. The highest BCUT2D eigenvalue weighted by molar-refractivity contribution is 9.10. The monoisotopic (exact) mass is 293 g/mol. The molecule has 86 valence electrons. The van der Waals surface area contributed by atoms with E-state index in [0.717, 1.165) is 4.47 Å². The van der Waals surface area contributed by atoms with Gasteiger partial charge in [-0.3, -0.25) is 4.79 Å². The molecule has 0 spiro atoms. The minimum Gasteiger partial charge on any atom is -0.464 e. The third-order valence-corrected chi connectivity index (χ3v) is 2.90. The summed E-state index contributed by atoms with van der Waals surface area (Å²) >= 11 is 3.30. The van der Waals surface area contributed by atoms with Crippen LogP contribution in [0.3, 0.4) is 0 Å². The number of anilines is 1. The minimum atomic E-state index is -0.392. The summed E-state index contributed by atoms with van der Waals surface area (Å²) in [5, 5.41) is 5.90. The van der Waals surface area contributed by atoms with E-state index < -0.39 is 6.17 Å². The van der Waals surface area contributed by atoms with Crippen molar-refractivity contribution in [3.05, 3.63) is 46.5 Å². The van der Waals surface area contributed by atoms with Crippen molar-refractivity contribution >= 4 is 27.7 Å². The van der Waals surface area contributed by atoms with Crippen LogP contribution in [-0.4, -0.2) is 10.9 Å². The van der Waals surface area contributed by atoms with Crippen LogP contribution in [0.1, 0.15) is 22.3 Å². The van der Waals surface area contributed by atoms with Crippen LogP contribution in [0.4, 0.5) is 5.82 Å². The number of hydrogen-bond acceptors (Lipinski definition) is 4. The normalized spacial score (nSPS) is 18.2.